The Kier molecular flexibility index (Phi) is 6.48. The van der Waals surface area contributed by atoms with Crippen molar-refractivity contribution in [2.75, 3.05) is 19.7 Å². The highest BCUT2D eigenvalue weighted by Gasteiger charge is 2.30. The lowest BCUT2D eigenvalue weighted by Gasteiger charge is -2.36. The molecule has 0 spiro atoms. The topological polar surface area (TPSA) is 29.5 Å². The summed E-state index contributed by atoms with van der Waals surface area (Å²) in [6, 6.07) is 30.3. The summed E-state index contributed by atoms with van der Waals surface area (Å²) in [5, 5.41) is 0. The van der Waals surface area contributed by atoms with Gasteiger partial charge in [-0.05, 0) is 47.9 Å². The minimum Gasteiger partial charge on any atom is -0.450 e. The molecule has 0 N–H and O–H groups in total. The first-order valence-electron chi connectivity index (χ1n) is 10.9. The van der Waals surface area contributed by atoms with Crippen molar-refractivity contribution in [3.8, 4) is 11.1 Å². The molecule has 3 aromatic carbocycles. The first-order valence-corrected chi connectivity index (χ1v) is 10.9. The van der Waals surface area contributed by atoms with Gasteiger partial charge in [-0.15, -0.1) is 0 Å². The number of benzene rings is 3. The van der Waals surface area contributed by atoms with E-state index in [0.717, 1.165) is 25.9 Å². The predicted molar refractivity (Wildman–Crippen MR) is 121 cm³/mol. The summed E-state index contributed by atoms with van der Waals surface area (Å²) in [5.41, 5.74) is 5.17. The van der Waals surface area contributed by atoms with Gasteiger partial charge in [0.05, 0.1) is 6.61 Å². The molecule has 0 aromatic heterocycles. The monoisotopic (exact) mass is 399 g/mol. The van der Waals surface area contributed by atoms with Crippen molar-refractivity contribution in [1.82, 2.24) is 4.90 Å². The number of piperidine rings is 1. The van der Waals surface area contributed by atoms with Crippen LogP contribution in [0.15, 0.2) is 84.9 Å². The molecule has 1 unspecified atom stereocenters. The van der Waals surface area contributed by atoms with Crippen LogP contribution in [0, 0.1) is 5.92 Å². The third-order valence-corrected chi connectivity index (χ3v) is 6.07. The van der Waals surface area contributed by atoms with Crippen molar-refractivity contribution in [2.24, 2.45) is 5.92 Å². The molecule has 3 aromatic rings. The molecule has 1 aliphatic rings. The Bertz CT molecular complexity index is 930. The molecule has 1 fully saturated rings. The van der Waals surface area contributed by atoms with Crippen molar-refractivity contribution in [3.63, 3.8) is 0 Å². The average molecular weight is 400 g/mol. The standard InChI is InChI=1S/C27H29NO2/c1-2-30-27(29)28-19-17-25(18-20-28)26(23-11-7-4-8-12-23)24-15-13-22(14-16-24)21-9-5-3-6-10-21/h3-16,25-26H,2,17-20H2,1H3. The lowest BCUT2D eigenvalue weighted by atomic mass is 9.76. The fourth-order valence-electron chi connectivity index (χ4n) is 4.54. The molecule has 1 heterocycles. The number of hydrogen-bond acceptors (Lipinski definition) is 2. The molecule has 0 saturated carbocycles. The zero-order valence-corrected chi connectivity index (χ0v) is 17.5. The number of hydrogen-bond donors (Lipinski definition) is 0. The van der Waals surface area contributed by atoms with E-state index in [9.17, 15) is 4.79 Å². The minimum atomic E-state index is -0.181. The fourth-order valence-corrected chi connectivity index (χ4v) is 4.54. The van der Waals surface area contributed by atoms with E-state index in [1.54, 1.807) is 0 Å². The minimum absolute atomic E-state index is 0.181. The van der Waals surface area contributed by atoms with Crippen LogP contribution in [0.2, 0.25) is 0 Å². The summed E-state index contributed by atoms with van der Waals surface area (Å²) < 4.78 is 5.19. The number of amides is 1. The number of rotatable bonds is 5. The van der Waals surface area contributed by atoms with Crippen LogP contribution in [-0.2, 0) is 4.74 Å². The van der Waals surface area contributed by atoms with Crippen molar-refractivity contribution < 1.29 is 9.53 Å². The molecule has 1 amide bonds. The number of likely N-dealkylation sites (tertiary alicyclic amines) is 1. The highest BCUT2D eigenvalue weighted by Crippen LogP contribution is 2.38. The third kappa shape index (κ3) is 4.56. The van der Waals surface area contributed by atoms with Gasteiger partial charge in [-0.3, -0.25) is 0 Å². The number of carbonyl (C=O) groups excluding carboxylic acids is 1. The Morgan fingerprint density at radius 1 is 0.833 bits per heavy atom. The van der Waals surface area contributed by atoms with Crippen molar-refractivity contribution in [2.45, 2.75) is 25.7 Å². The van der Waals surface area contributed by atoms with E-state index in [-0.39, 0.29) is 6.09 Å². The summed E-state index contributed by atoms with van der Waals surface area (Å²) in [6.45, 7) is 3.80. The van der Waals surface area contributed by atoms with Crippen LogP contribution in [0.25, 0.3) is 11.1 Å². The summed E-state index contributed by atoms with van der Waals surface area (Å²) in [6.07, 6.45) is 1.79. The van der Waals surface area contributed by atoms with E-state index in [1.165, 1.54) is 22.3 Å². The summed E-state index contributed by atoms with van der Waals surface area (Å²) in [4.78, 5) is 13.9. The normalized spacial score (nSPS) is 15.6. The highest BCUT2D eigenvalue weighted by atomic mass is 16.6. The highest BCUT2D eigenvalue weighted by molar-refractivity contribution is 5.67. The van der Waals surface area contributed by atoms with E-state index >= 15 is 0 Å². The van der Waals surface area contributed by atoms with Crippen LogP contribution in [-0.4, -0.2) is 30.7 Å². The summed E-state index contributed by atoms with van der Waals surface area (Å²) in [5.74, 6) is 0.834. The Morgan fingerprint density at radius 3 is 1.97 bits per heavy atom. The van der Waals surface area contributed by atoms with E-state index in [2.05, 4.69) is 78.9 Å². The zero-order valence-electron chi connectivity index (χ0n) is 17.5. The second kappa shape index (κ2) is 9.62. The smallest absolute Gasteiger partial charge is 0.409 e. The van der Waals surface area contributed by atoms with E-state index in [0.29, 0.717) is 18.4 Å². The molecule has 3 heteroatoms. The molecule has 3 nitrogen and oxygen atoms in total. The second-order valence-electron chi connectivity index (χ2n) is 7.90. The van der Waals surface area contributed by atoms with Crippen molar-refractivity contribution in [3.05, 3.63) is 96.1 Å². The Balaban J connectivity index is 1.57. The summed E-state index contributed by atoms with van der Waals surface area (Å²) in [7, 11) is 0. The quantitative estimate of drug-likeness (QED) is 0.500. The van der Waals surface area contributed by atoms with Crippen molar-refractivity contribution >= 4 is 6.09 Å². The van der Waals surface area contributed by atoms with Crippen LogP contribution in [0.4, 0.5) is 4.79 Å². The van der Waals surface area contributed by atoms with Crippen LogP contribution < -0.4 is 0 Å². The SMILES string of the molecule is CCOC(=O)N1CCC(C(c2ccccc2)c2ccc(-c3ccccc3)cc2)CC1. The predicted octanol–water partition coefficient (Wildman–Crippen LogP) is 6.35. The zero-order chi connectivity index (χ0) is 20.8. The summed E-state index contributed by atoms with van der Waals surface area (Å²) >= 11 is 0. The van der Waals surface area contributed by atoms with Crippen molar-refractivity contribution in [1.29, 1.82) is 0 Å². The van der Waals surface area contributed by atoms with Crippen LogP contribution in [0.5, 0.6) is 0 Å². The molecule has 0 radical (unpaired) electrons. The first kappa shape index (κ1) is 20.2. The molecule has 0 aliphatic carbocycles. The fraction of sp³-hybridized carbons (Fsp3) is 0.296. The van der Waals surface area contributed by atoms with E-state index < -0.39 is 0 Å². The van der Waals surface area contributed by atoms with Gasteiger partial charge in [0.1, 0.15) is 0 Å². The third-order valence-electron chi connectivity index (χ3n) is 6.07. The van der Waals surface area contributed by atoms with Crippen LogP contribution >= 0.6 is 0 Å². The van der Waals surface area contributed by atoms with Crippen LogP contribution in [0.1, 0.15) is 36.8 Å². The molecule has 1 saturated heterocycles. The maximum absolute atomic E-state index is 12.1. The van der Waals surface area contributed by atoms with Gasteiger partial charge in [0.25, 0.3) is 0 Å². The Labute approximate surface area is 179 Å². The van der Waals surface area contributed by atoms with Gasteiger partial charge >= 0.3 is 6.09 Å². The van der Waals surface area contributed by atoms with Gasteiger partial charge in [0, 0.05) is 19.0 Å². The number of ether oxygens (including phenoxy) is 1. The van der Waals surface area contributed by atoms with Gasteiger partial charge in [0.15, 0.2) is 0 Å². The van der Waals surface area contributed by atoms with E-state index in [1.807, 2.05) is 17.9 Å². The molecule has 30 heavy (non-hydrogen) atoms. The van der Waals surface area contributed by atoms with Gasteiger partial charge < -0.3 is 9.64 Å². The van der Waals surface area contributed by atoms with Gasteiger partial charge in [0.2, 0.25) is 0 Å². The first-order chi connectivity index (χ1) is 14.8. The van der Waals surface area contributed by atoms with Gasteiger partial charge in [-0.1, -0.05) is 84.9 Å². The largest absolute Gasteiger partial charge is 0.450 e. The maximum Gasteiger partial charge on any atom is 0.409 e. The molecule has 1 aliphatic heterocycles. The molecular formula is C27H29NO2. The second-order valence-corrected chi connectivity index (χ2v) is 7.90. The molecule has 4 rings (SSSR count). The average Bonchev–Trinajstić information content (AvgIpc) is 2.82. The van der Waals surface area contributed by atoms with Gasteiger partial charge in [-0.25, -0.2) is 4.79 Å². The lowest BCUT2D eigenvalue weighted by Crippen LogP contribution is -2.40. The number of nitrogens with zero attached hydrogens (tertiary/aromatic N) is 1. The molecular weight excluding hydrogens is 370 g/mol. The number of carbonyl (C=O) groups is 1. The van der Waals surface area contributed by atoms with E-state index in [4.69, 9.17) is 4.74 Å². The molecule has 154 valence electrons. The van der Waals surface area contributed by atoms with Gasteiger partial charge in [-0.2, -0.15) is 0 Å². The Hall–Kier alpha value is -3.07. The molecule has 1 atom stereocenters. The van der Waals surface area contributed by atoms with Crippen LogP contribution in [0.3, 0.4) is 0 Å². The Morgan fingerprint density at radius 2 is 1.37 bits per heavy atom. The lowest BCUT2D eigenvalue weighted by molar-refractivity contribution is 0.0901. The maximum atomic E-state index is 12.1. The molecule has 0 bridgehead atoms.